The first-order valence-electron chi connectivity index (χ1n) is 2.94. The molecule has 2 unspecified atom stereocenters. The largest absolute Gasteiger partial charge is 0.420 e. The summed E-state index contributed by atoms with van der Waals surface area (Å²) >= 11 is 0. The normalized spacial score (nSPS) is 18.5. The second-order valence-electron chi connectivity index (χ2n) is 2.25. The molecule has 8 heteroatoms. The van der Waals surface area contributed by atoms with Crippen LogP contribution in [0.5, 0.6) is 0 Å². The first-order chi connectivity index (χ1) is 5.60. The van der Waals surface area contributed by atoms with E-state index < -0.39 is 31.1 Å². The second kappa shape index (κ2) is 3.67. The minimum atomic E-state index is -5.69. The van der Waals surface area contributed by atoms with Gasteiger partial charge in [-0.3, -0.25) is 4.39 Å². The molecule has 0 aliphatic carbocycles. The Balaban J connectivity index is 4.61. The SMILES string of the molecule is FCC(C(F)C(F)(F)F)C(F)(F)F. The van der Waals surface area contributed by atoms with Gasteiger partial charge in [-0.15, -0.1) is 0 Å². The molecular weight excluding hydrogens is 212 g/mol. The lowest BCUT2D eigenvalue weighted by atomic mass is 10.0. The molecule has 0 saturated carbocycles. The van der Waals surface area contributed by atoms with Crippen LogP contribution in [0.15, 0.2) is 0 Å². The van der Waals surface area contributed by atoms with Crippen molar-refractivity contribution >= 4 is 0 Å². The molecule has 0 rings (SSSR count). The summed E-state index contributed by atoms with van der Waals surface area (Å²) in [4.78, 5) is 0. The molecule has 0 amide bonds. The summed E-state index contributed by atoms with van der Waals surface area (Å²) in [6, 6.07) is 0. The van der Waals surface area contributed by atoms with Crippen molar-refractivity contribution in [3.05, 3.63) is 0 Å². The monoisotopic (exact) mass is 216 g/mol. The van der Waals surface area contributed by atoms with E-state index in [1.165, 1.54) is 0 Å². The van der Waals surface area contributed by atoms with Crippen molar-refractivity contribution in [1.29, 1.82) is 0 Å². The number of rotatable bonds is 2. The number of alkyl halides is 8. The maximum Gasteiger partial charge on any atom is 0.420 e. The lowest BCUT2D eigenvalue weighted by Gasteiger charge is -2.22. The van der Waals surface area contributed by atoms with Crippen molar-refractivity contribution in [1.82, 2.24) is 0 Å². The molecule has 13 heavy (non-hydrogen) atoms. The van der Waals surface area contributed by atoms with Crippen molar-refractivity contribution in [3.63, 3.8) is 0 Å². The second-order valence-corrected chi connectivity index (χ2v) is 2.25. The quantitative estimate of drug-likeness (QED) is 0.622. The lowest BCUT2D eigenvalue weighted by Crippen LogP contribution is -2.41. The van der Waals surface area contributed by atoms with Crippen LogP contribution in [0.25, 0.3) is 0 Å². The Hall–Kier alpha value is -0.560. The molecule has 0 N–H and O–H groups in total. The highest BCUT2D eigenvalue weighted by Gasteiger charge is 2.56. The molecule has 0 aromatic rings. The average molecular weight is 216 g/mol. The molecule has 0 fully saturated rings. The van der Waals surface area contributed by atoms with E-state index in [-0.39, 0.29) is 0 Å². The van der Waals surface area contributed by atoms with Gasteiger partial charge in [-0.2, -0.15) is 26.3 Å². The fraction of sp³-hybridized carbons (Fsp3) is 1.00. The van der Waals surface area contributed by atoms with Crippen LogP contribution in [0.1, 0.15) is 0 Å². The molecule has 0 aromatic heterocycles. The van der Waals surface area contributed by atoms with Gasteiger partial charge in [0.1, 0.15) is 12.6 Å². The molecule has 2 atom stereocenters. The smallest absolute Gasteiger partial charge is 0.250 e. The highest BCUT2D eigenvalue weighted by Crippen LogP contribution is 2.38. The summed E-state index contributed by atoms with van der Waals surface area (Å²) in [5, 5.41) is 0. The summed E-state index contributed by atoms with van der Waals surface area (Å²) in [5.74, 6) is -3.63. The topological polar surface area (TPSA) is 0 Å². The lowest BCUT2D eigenvalue weighted by molar-refractivity contribution is -0.258. The molecule has 0 saturated heterocycles. The Kier molecular flexibility index (Phi) is 3.51. The van der Waals surface area contributed by atoms with Crippen LogP contribution >= 0.6 is 0 Å². The highest BCUT2D eigenvalue weighted by atomic mass is 19.4. The summed E-state index contributed by atoms with van der Waals surface area (Å²) in [7, 11) is 0. The van der Waals surface area contributed by atoms with Gasteiger partial charge in [-0.1, -0.05) is 0 Å². The van der Waals surface area contributed by atoms with Crippen molar-refractivity contribution in [3.8, 4) is 0 Å². The van der Waals surface area contributed by atoms with Crippen LogP contribution in [0.2, 0.25) is 0 Å². The van der Waals surface area contributed by atoms with Gasteiger partial charge in [0.05, 0.1) is 0 Å². The van der Waals surface area contributed by atoms with Gasteiger partial charge in [-0.25, -0.2) is 4.39 Å². The van der Waals surface area contributed by atoms with E-state index in [0.29, 0.717) is 0 Å². The number of hydrogen-bond acceptors (Lipinski definition) is 0. The Bertz CT molecular complexity index is 155. The number of halogens is 8. The third kappa shape index (κ3) is 3.35. The zero-order valence-electron chi connectivity index (χ0n) is 5.89. The van der Waals surface area contributed by atoms with Gasteiger partial charge >= 0.3 is 12.4 Å². The number of hydrogen-bond donors (Lipinski definition) is 0. The molecule has 0 aliphatic rings. The van der Waals surface area contributed by atoms with Gasteiger partial charge in [0.25, 0.3) is 0 Å². The molecule has 0 nitrogen and oxygen atoms in total. The van der Waals surface area contributed by atoms with Crippen molar-refractivity contribution in [2.24, 2.45) is 5.92 Å². The van der Waals surface area contributed by atoms with Crippen LogP contribution in [-0.4, -0.2) is 25.2 Å². The van der Waals surface area contributed by atoms with Crippen LogP contribution in [0, 0.1) is 5.92 Å². The van der Waals surface area contributed by atoms with Crippen molar-refractivity contribution in [2.45, 2.75) is 18.5 Å². The van der Waals surface area contributed by atoms with Gasteiger partial charge < -0.3 is 0 Å². The van der Waals surface area contributed by atoms with Crippen molar-refractivity contribution < 1.29 is 35.1 Å². The van der Waals surface area contributed by atoms with E-state index in [9.17, 15) is 35.1 Å². The zero-order chi connectivity index (χ0) is 10.9. The summed E-state index contributed by atoms with van der Waals surface area (Å²) in [6.45, 7) is -2.43. The Labute approximate surface area is 67.5 Å². The molecule has 0 radical (unpaired) electrons. The summed E-state index contributed by atoms with van der Waals surface area (Å²) < 4.78 is 92.1. The van der Waals surface area contributed by atoms with Crippen molar-refractivity contribution in [2.75, 3.05) is 6.67 Å². The van der Waals surface area contributed by atoms with E-state index in [1.54, 1.807) is 0 Å². The minimum Gasteiger partial charge on any atom is -0.250 e. The third-order valence-electron chi connectivity index (χ3n) is 1.25. The molecule has 0 bridgehead atoms. The maximum absolute atomic E-state index is 12.0. The predicted molar refractivity (Wildman–Crippen MR) is 26.5 cm³/mol. The van der Waals surface area contributed by atoms with Crippen LogP contribution < -0.4 is 0 Å². The fourth-order valence-electron chi connectivity index (χ4n) is 0.560. The average Bonchev–Trinajstić information content (AvgIpc) is 1.83. The molecule has 0 spiro atoms. The molecular formula is C5H4F8. The first-order valence-corrected chi connectivity index (χ1v) is 2.94. The first kappa shape index (κ1) is 12.4. The molecule has 0 heterocycles. The Morgan fingerprint density at radius 3 is 1.31 bits per heavy atom. The van der Waals surface area contributed by atoms with Crippen LogP contribution in [0.4, 0.5) is 35.1 Å². The Morgan fingerprint density at radius 1 is 0.846 bits per heavy atom. The van der Waals surface area contributed by atoms with Gasteiger partial charge in [0.2, 0.25) is 6.17 Å². The maximum atomic E-state index is 12.0. The predicted octanol–water partition coefficient (Wildman–Crippen LogP) is 3.03. The third-order valence-corrected chi connectivity index (χ3v) is 1.25. The molecule has 80 valence electrons. The van der Waals surface area contributed by atoms with E-state index in [1.807, 2.05) is 0 Å². The van der Waals surface area contributed by atoms with E-state index in [0.717, 1.165) is 0 Å². The van der Waals surface area contributed by atoms with E-state index in [4.69, 9.17) is 0 Å². The van der Waals surface area contributed by atoms with Gasteiger partial charge in [-0.05, 0) is 0 Å². The summed E-state index contributed by atoms with van der Waals surface area (Å²) in [6.07, 6.45) is -15.4. The van der Waals surface area contributed by atoms with Gasteiger partial charge in [0.15, 0.2) is 0 Å². The van der Waals surface area contributed by atoms with Crippen LogP contribution in [-0.2, 0) is 0 Å². The minimum absolute atomic E-state index is 2.43. The van der Waals surface area contributed by atoms with E-state index in [2.05, 4.69) is 0 Å². The zero-order valence-corrected chi connectivity index (χ0v) is 5.89. The molecule has 0 aromatic carbocycles. The highest BCUT2D eigenvalue weighted by molar-refractivity contribution is 4.80. The van der Waals surface area contributed by atoms with E-state index >= 15 is 0 Å². The summed E-state index contributed by atoms with van der Waals surface area (Å²) in [5.41, 5.74) is 0. The Morgan fingerprint density at radius 2 is 1.23 bits per heavy atom. The fourth-order valence-corrected chi connectivity index (χ4v) is 0.560. The standard InChI is InChI=1S/C5H4F8/c6-1-2(4(8,9)10)3(7)5(11,12)13/h2-3H,1H2. The van der Waals surface area contributed by atoms with Crippen LogP contribution in [0.3, 0.4) is 0 Å². The van der Waals surface area contributed by atoms with Gasteiger partial charge in [0, 0.05) is 0 Å². The molecule has 0 aliphatic heterocycles.